The van der Waals surface area contributed by atoms with Gasteiger partial charge in [0.25, 0.3) is 0 Å². The number of rotatable bonds is 8. The first-order valence-corrected chi connectivity index (χ1v) is 9.53. The molecule has 0 aromatic carbocycles. The normalized spacial score (nSPS) is 25.3. The van der Waals surface area contributed by atoms with Crippen molar-refractivity contribution in [1.29, 1.82) is 0 Å². The smallest absolute Gasteiger partial charge is 0.303 e. The van der Waals surface area contributed by atoms with E-state index >= 15 is 0 Å². The van der Waals surface area contributed by atoms with Crippen molar-refractivity contribution in [1.82, 2.24) is 0 Å². The van der Waals surface area contributed by atoms with Crippen LogP contribution in [0.1, 0.15) is 47.5 Å². The zero-order valence-electron chi connectivity index (χ0n) is 17.8. The van der Waals surface area contributed by atoms with E-state index < -0.39 is 54.6 Å². The molecule has 0 bridgehead atoms. The van der Waals surface area contributed by atoms with Crippen LogP contribution in [-0.2, 0) is 47.6 Å². The lowest BCUT2D eigenvalue weighted by molar-refractivity contribution is -0.307. The summed E-state index contributed by atoms with van der Waals surface area (Å²) in [6.07, 6.45) is -4.77. The van der Waals surface area contributed by atoms with Crippen molar-refractivity contribution in [3.05, 3.63) is 0 Å². The first-order valence-electron chi connectivity index (χ1n) is 9.53. The second-order valence-corrected chi connectivity index (χ2v) is 6.40. The predicted octanol–water partition coefficient (Wildman–Crippen LogP) is 0.890. The maximum Gasteiger partial charge on any atom is 0.303 e. The van der Waals surface area contributed by atoms with Gasteiger partial charge >= 0.3 is 23.9 Å². The standard InChI is InChI=1S/C20H28O10/c1-6-7-8-9-10-25-20-19(29-15(5)24)18(28-14(4)23)17(27-13(3)22)16(30-20)11-26-12(2)21/h16-20H,6,9-11H2,1-5H3/t16-,17-,18+,19-,20-/m1/s1. The van der Waals surface area contributed by atoms with Crippen LogP contribution >= 0.6 is 0 Å². The Morgan fingerprint density at radius 2 is 1.37 bits per heavy atom. The van der Waals surface area contributed by atoms with Crippen molar-refractivity contribution in [3.8, 4) is 11.8 Å². The third-order valence-electron chi connectivity index (χ3n) is 3.76. The van der Waals surface area contributed by atoms with E-state index in [0.29, 0.717) is 12.8 Å². The number of esters is 4. The molecule has 0 aliphatic carbocycles. The van der Waals surface area contributed by atoms with Gasteiger partial charge in [-0.15, -0.1) is 11.8 Å². The van der Waals surface area contributed by atoms with Crippen molar-refractivity contribution < 1.29 is 47.6 Å². The Morgan fingerprint density at radius 3 is 1.90 bits per heavy atom. The summed E-state index contributed by atoms with van der Waals surface area (Å²) in [7, 11) is 0. The molecule has 1 aliphatic rings. The Labute approximate surface area is 175 Å². The lowest BCUT2D eigenvalue weighted by Crippen LogP contribution is -2.63. The number of hydrogen-bond donors (Lipinski definition) is 0. The molecule has 168 valence electrons. The minimum Gasteiger partial charge on any atom is -0.463 e. The van der Waals surface area contributed by atoms with E-state index in [1.54, 1.807) is 0 Å². The van der Waals surface area contributed by atoms with Gasteiger partial charge in [0, 0.05) is 40.5 Å². The number of ether oxygens (including phenoxy) is 6. The molecule has 5 atom stereocenters. The van der Waals surface area contributed by atoms with Crippen molar-refractivity contribution in [2.24, 2.45) is 0 Å². The van der Waals surface area contributed by atoms with Gasteiger partial charge in [0.1, 0.15) is 12.7 Å². The van der Waals surface area contributed by atoms with Crippen molar-refractivity contribution in [2.75, 3.05) is 13.2 Å². The van der Waals surface area contributed by atoms with Gasteiger partial charge in [-0.1, -0.05) is 6.92 Å². The second kappa shape index (κ2) is 12.8. The van der Waals surface area contributed by atoms with E-state index in [1.165, 1.54) is 13.8 Å². The highest BCUT2D eigenvalue weighted by Gasteiger charge is 2.52. The summed E-state index contributed by atoms with van der Waals surface area (Å²) in [6.45, 7) is 6.43. The lowest BCUT2D eigenvalue weighted by Gasteiger charge is -2.44. The maximum absolute atomic E-state index is 11.7. The highest BCUT2D eigenvalue weighted by atomic mass is 16.7. The van der Waals surface area contributed by atoms with E-state index in [0.717, 1.165) is 13.8 Å². The second-order valence-electron chi connectivity index (χ2n) is 6.40. The molecule has 1 aliphatic heterocycles. The van der Waals surface area contributed by atoms with Crippen molar-refractivity contribution in [2.45, 2.75) is 78.2 Å². The fraction of sp³-hybridized carbons (Fsp3) is 0.700. The maximum atomic E-state index is 11.7. The number of carbonyl (C=O) groups is 4. The third-order valence-corrected chi connectivity index (χ3v) is 3.76. The third kappa shape index (κ3) is 8.80. The Morgan fingerprint density at radius 1 is 0.800 bits per heavy atom. The van der Waals surface area contributed by atoms with Gasteiger partial charge in [0.2, 0.25) is 0 Å². The molecule has 0 amide bonds. The van der Waals surface area contributed by atoms with E-state index in [1.807, 2.05) is 6.92 Å². The fourth-order valence-corrected chi connectivity index (χ4v) is 2.76. The quantitative estimate of drug-likeness (QED) is 0.238. The van der Waals surface area contributed by atoms with Crippen molar-refractivity contribution in [3.63, 3.8) is 0 Å². The van der Waals surface area contributed by atoms with E-state index in [4.69, 9.17) is 28.4 Å². The van der Waals surface area contributed by atoms with Crippen molar-refractivity contribution >= 4 is 23.9 Å². The summed E-state index contributed by atoms with van der Waals surface area (Å²) in [4.78, 5) is 46.2. The molecular formula is C20H28O10. The van der Waals surface area contributed by atoms with Crippen LogP contribution in [0.5, 0.6) is 0 Å². The molecule has 0 saturated carbocycles. The molecule has 0 aromatic heterocycles. The molecule has 1 heterocycles. The Balaban J connectivity index is 3.18. The topological polar surface area (TPSA) is 124 Å². The van der Waals surface area contributed by atoms with Gasteiger partial charge in [-0.05, 0) is 0 Å². The zero-order chi connectivity index (χ0) is 22.7. The summed E-state index contributed by atoms with van der Waals surface area (Å²) >= 11 is 0. The minimum absolute atomic E-state index is 0.140. The van der Waals surface area contributed by atoms with Gasteiger partial charge in [-0.2, -0.15) is 0 Å². The summed E-state index contributed by atoms with van der Waals surface area (Å²) < 4.78 is 32.3. The number of carbonyl (C=O) groups excluding carboxylic acids is 4. The molecule has 0 unspecified atom stereocenters. The zero-order valence-corrected chi connectivity index (χ0v) is 17.8. The van der Waals surface area contributed by atoms with E-state index in [9.17, 15) is 19.2 Å². The van der Waals surface area contributed by atoms with Gasteiger partial charge in [-0.25, -0.2) is 0 Å². The molecule has 1 saturated heterocycles. The Hall–Kier alpha value is -2.64. The highest BCUT2D eigenvalue weighted by Crippen LogP contribution is 2.30. The van der Waals surface area contributed by atoms with Gasteiger partial charge in [0.15, 0.2) is 24.6 Å². The van der Waals surface area contributed by atoms with Crippen LogP contribution in [0.25, 0.3) is 0 Å². The van der Waals surface area contributed by atoms with Crippen LogP contribution in [0.15, 0.2) is 0 Å². The van der Waals surface area contributed by atoms with Crippen LogP contribution < -0.4 is 0 Å². The summed E-state index contributed by atoms with van der Waals surface area (Å²) in [5.41, 5.74) is 0. The van der Waals surface area contributed by atoms with Crippen LogP contribution in [0.3, 0.4) is 0 Å². The van der Waals surface area contributed by atoms with E-state index in [2.05, 4.69) is 11.8 Å². The van der Waals surface area contributed by atoms with Gasteiger partial charge < -0.3 is 28.4 Å². The molecular weight excluding hydrogens is 400 g/mol. The average molecular weight is 428 g/mol. The fourth-order valence-electron chi connectivity index (χ4n) is 2.76. The largest absolute Gasteiger partial charge is 0.463 e. The molecule has 1 fully saturated rings. The van der Waals surface area contributed by atoms with Crippen LogP contribution in [-0.4, -0.2) is 67.8 Å². The molecule has 30 heavy (non-hydrogen) atoms. The molecule has 0 spiro atoms. The SMILES string of the molecule is CCC#CCCO[C@@H]1O[C@H](COC(C)=O)[C@@H](OC(C)=O)[C@H](OC(C)=O)[C@H]1OC(C)=O. The van der Waals surface area contributed by atoms with Crippen LogP contribution in [0.4, 0.5) is 0 Å². The Kier molecular flexibility index (Phi) is 10.9. The molecule has 0 aromatic rings. The summed E-state index contributed by atoms with van der Waals surface area (Å²) in [6, 6.07) is 0. The van der Waals surface area contributed by atoms with Gasteiger partial charge in [-0.3, -0.25) is 19.2 Å². The first-order chi connectivity index (χ1) is 14.1. The molecule has 10 heteroatoms. The molecule has 10 nitrogen and oxygen atoms in total. The summed E-state index contributed by atoms with van der Waals surface area (Å²) in [5, 5.41) is 0. The van der Waals surface area contributed by atoms with Crippen LogP contribution in [0, 0.1) is 11.8 Å². The minimum atomic E-state index is -1.24. The monoisotopic (exact) mass is 428 g/mol. The predicted molar refractivity (Wildman–Crippen MR) is 101 cm³/mol. The van der Waals surface area contributed by atoms with E-state index in [-0.39, 0.29) is 13.2 Å². The molecule has 1 rings (SSSR count). The summed E-state index contributed by atoms with van der Waals surface area (Å²) in [5.74, 6) is 3.14. The van der Waals surface area contributed by atoms with Crippen LogP contribution in [0.2, 0.25) is 0 Å². The average Bonchev–Trinajstić information content (AvgIpc) is 2.63. The molecule has 0 radical (unpaired) electrons. The first kappa shape index (κ1) is 25.4. The number of hydrogen-bond acceptors (Lipinski definition) is 10. The highest BCUT2D eigenvalue weighted by molar-refractivity contribution is 5.68. The Bertz CT molecular complexity index is 677. The lowest BCUT2D eigenvalue weighted by atomic mass is 9.98. The van der Waals surface area contributed by atoms with Gasteiger partial charge in [0.05, 0.1) is 6.61 Å². The molecule has 0 N–H and O–H groups in total.